The number of fused-ring (bicyclic) bond motifs is 1. The molecule has 212 valence electrons. The molecular weight excluding hydrogens is 606 g/mol. The molecule has 0 saturated heterocycles. The van der Waals surface area contributed by atoms with Crippen LogP contribution in [0.25, 0.3) is 0 Å². The smallest absolute Gasteiger partial charge is 0.545 e. The van der Waals surface area contributed by atoms with Crippen molar-refractivity contribution >= 4 is 45.1 Å². The van der Waals surface area contributed by atoms with Gasteiger partial charge in [0.2, 0.25) is 0 Å². The van der Waals surface area contributed by atoms with Gasteiger partial charge in [0, 0.05) is 12.1 Å². The van der Waals surface area contributed by atoms with Crippen molar-refractivity contribution in [1.29, 1.82) is 0 Å². The van der Waals surface area contributed by atoms with Gasteiger partial charge in [-0.3, -0.25) is 19.6 Å². The van der Waals surface area contributed by atoms with E-state index in [9.17, 15) is 46.4 Å². The summed E-state index contributed by atoms with van der Waals surface area (Å²) in [5.74, 6) is -2.63. The van der Waals surface area contributed by atoms with Crippen LogP contribution in [0.2, 0.25) is 5.02 Å². The number of benzene rings is 3. The summed E-state index contributed by atoms with van der Waals surface area (Å²) in [7, 11) is -3.75. The minimum atomic E-state index is -4.59. The van der Waals surface area contributed by atoms with E-state index in [1.54, 1.807) is 38.1 Å². The predicted molar refractivity (Wildman–Crippen MR) is 134 cm³/mol. The van der Waals surface area contributed by atoms with Crippen molar-refractivity contribution in [1.82, 2.24) is 4.31 Å². The van der Waals surface area contributed by atoms with E-state index in [4.69, 9.17) is 16.3 Å². The Kier molecular flexibility index (Phi) is 10.8. The molecule has 0 atom stereocenters. The first kappa shape index (κ1) is 33.8. The Labute approximate surface area is 258 Å². The Balaban J connectivity index is 0.000000301. The third-order valence-electron chi connectivity index (χ3n) is 5.20. The van der Waals surface area contributed by atoms with Crippen LogP contribution in [-0.4, -0.2) is 35.6 Å². The van der Waals surface area contributed by atoms with Gasteiger partial charge in [-0.2, -0.15) is 21.6 Å². The van der Waals surface area contributed by atoms with Crippen molar-refractivity contribution in [2.24, 2.45) is 0 Å². The molecule has 17 heteroatoms. The third-order valence-corrected chi connectivity index (χ3v) is 7.07. The molecule has 41 heavy (non-hydrogen) atoms. The monoisotopic (exact) mass is 623 g/mol. The van der Waals surface area contributed by atoms with Crippen molar-refractivity contribution in [3.63, 3.8) is 0 Å². The van der Waals surface area contributed by atoms with Gasteiger partial charge >= 0.3 is 45.9 Å². The number of halogens is 4. The molecule has 0 bridgehead atoms. The number of anilines is 1. The number of nitrogens with zero attached hydrogens (tertiary/aromatic N) is 2. The molecule has 1 N–H and O–H groups in total. The van der Waals surface area contributed by atoms with Crippen molar-refractivity contribution in [3.8, 4) is 11.5 Å². The van der Waals surface area contributed by atoms with Crippen molar-refractivity contribution in [3.05, 3.63) is 92.5 Å². The van der Waals surface area contributed by atoms with Crippen LogP contribution in [0.3, 0.4) is 0 Å². The number of amides is 1. The van der Waals surface area contributed by atoms with Crippen LogP contribution in [0.15, 0.2) is 60.7 Å². The van der Waals surface area contributed by atoms with E-state index in [0.717, 1.165) is 34.6 Å². The summed E-state index contributed by atoms with van der Waals surface area (Å²) in [5, 5.41) is 21.3. The summed E-state index contributed by atoms with van der Waals surface area (Å²) >= 11 is 5.71. The number of rotatable bonds is 5. The van der Waals surface area contributed by atoms with Crippen LogP contribution in [0.4, 0.5) is 24.5 Å². The number of nitrogens with one attached hydrogen (secondary N) is 1. The largest absolute Gasteiger partial charge is 1.00 e. The quantitative estimate of drug-likeness (QED) is 0.255. The Morgan fingerprint density at radius 3 is 2.27 bits per heavy atom. The van der Waals surface area contributed by atoms with Crippen molar-refractivity contribution < 1.29 is 75.5 Å². The number of carbonyl (C=O) groups is 2. The second-order valence-corrected chi connectivity index (χ2v) is 10.3. The Morgan fingerprint density at radius 2 is 1.73 bits per heavy atom. The third kappa shape index (κ3) is 7.89. The fourth-order valence-corrected chi connectivity index (χ4v) is 5.12. The predicted octanol–water partition coefficient (Wildman–Crippen LogP) is 1.63. The molecular formula is C24H18ClF3N3NaO8S. The van der Waals surface area contributed by atoms with E-state index in [2.05, 4.69) is 4.72 Å². The van der Waals surface area contributed by atoms with Gasteiger partial charge in [0.05, 0.1) is 38.3 Å². The molecule has 0 unspecified atom stereocenters. The number of alkyl halides is 3. The molecule has 0 saturated carbocycles. The van der Waals surface area contributed by atoms with Crippen LogP contribution in [0, 0.1) is 10.1 Å². The van der Waals surface area contributed by atoms with Crippen molar-refractivity contribution in [2.45, 2.75) is 26.1 Å². The standard InChI is InChI=1S/C14H7ClF3NO5.C10H12N2O3S.Na/c15-10-5-7(14(16,17)18)1-4-12(10)24-8-2-3-11(19(22)23)9(6-8)13(20)21;1-7(2)12-10(13)8-5-3-4-6-9(8)11-16(12,14)15;/h1-6H,(H,20,21);3-7,11H,1-2H3;/q;;+1/p-1. The molecule has 1 aliphatic rings. The summed E-state index contributed by atoms with van der Waals surface area (Å²) in [6.07, 6.45) is -4.59. The molecule has 3 aromatic carbocycles. The first-order valence-corrected chi connectivity index (χ1v) is 12.8. The zero-order valence-corrected chi connectivity index (χ0v) is 25.0. The minimum Gasteiger partial charge on any atom is -0.545 e. The maximum absolute atomic E-state index is 12.6. The second-order valence-electron chi connectivity index (χ2n) is 8.32. The first-order chi connectivity index (χ1) is 18.5. The molecule has 1 amide bonds. The Bertz CT molecular complexity index is 1600. The van der Waals surface area contributed by atoms with Gasteiger partial charge in [0.15, 0.2) is 0 Å². The van der Waals surface area contributed by atoms with Crippen LogP contribution < -0.4 is 44.1 Å². The molecule has 0 fully saturated rings. The summed E-state index contributed by atoms with van der Waals surface area (Å²) in [6, 6.07) is 11.3. The van der Waals surface area contributed by atoms with E-state index < -0.39 is 56.0 Å². The zero-order valence-electron chi connectivity index (χ0n) is 21.4. The number of carboxylic acid groups (broad SMARTS) is 1. The molecule has 0 spiro atoms. The van der Waals surface area contributed by atoms with Gasteiger partial charge in [0.1, 0.15) is 11.5 Å². The van der Waals surface area contributed by atoms with Gasteiger partial charge < -0.3 is 14.6 Å². The van der Waals surface area contributed by atoms with E-state index in [1.807, 2.05) is 0 Å². The van der Waals surface area contributed by atoms with Crippen LogP contribution in [0.1, 0.15) is 40.1 Å². The second kappa shape index (κ2) is 13.1. The average molecular weight is 624 g/mol. The van der Waals surface area contributed by atoms with Gasteiger partial charge in [-0.1, -0.05) is 23.7 Å². The van der Waals surface area contributed by atoms with E-state index in [-0.39, 0.29) is 46.1 Å². The van der Waals surface area contributed by atoms with Crippen LogP contribution in [-0.2, 0) is 16.4 Å². The fraction of sp³-hybridized carbons (Fsp3) is 0.167. The van der Waals surface area contributed by atoms with E-state index in [0.29, 0.717) is 17.3 Å². The number of nitro groups is 1. The molecule has 0 radical (unpaired) electrons. The molecule has 3 aromatic rings. The summed E-state index contributed by atoms with van der Waals surface area (Å²) in [5.41, 5.74) is -1.71. The SMILES string of the molecule is CC(C)N1C(=O)c2ccccc2NS1(=O)=O.O=C([O-])c1cc(Oc2ccc(C(F)(F)F)cc2Cl)ccc1[N+](=O)[O-].[Na+]. The molecule has 11 nitrogen and oxygen atoms in total. The maximum atomic E-state index is 12.6. The molecule has 1 aliphatic heterocycles. The zero-order chi connectivity index (χ0) is 30.0. The summed E-state index contributed by atoms with van der Waals surface area (Å²) in [4.78, 5) is 32.7. The van der Waals surface area contributed by atoms with E-state index in [1.165, 1.54) is 0 Å². The number of aromatic carboxylic acids is 1. The summed E-state index contributed by atoms with van der Waals surface area (Å²) < 4.78 is 69.7. The van der Waals surface area contributed by atoms with Crippen LogP contribution >= 0.6 is 11.6 Å². The molecule has 0 aliphatic carbocycles. The Hall–Kier alpha value is -3.37. The average Bonchev–Trinajstić information content (AvgIpc) is 2.84. The summed E-state index contributed by atoms with van der Waals surface area (Å²) in [6.45, 7) is 3.32. The molecule has 4 rings (SSSR count). The number of carbonyl (C=O) groups excluding carboxylic acids is 2. The van der Waals surface area contributed by atoms with E-state index >= 15 is 0 Å². The molecule has 1 heterocycles. The minimum absolute atomic E-state index is 0. The number of hydrogen-bond acceptors (Lipinski definition) is 8. The topological polar surface area (TPSA) is 159 Å². The molecule has 0 aromatic heterocycles. The number of carboxylic acids is 1. The number of para-hydroxylation sites is 1. The van der Waals surface area contributed by atoms with Crippen molar-refractivity contribution in [2.75, 3.05) is 4.72 Å². The van der Waals surface area contributed by atoms with Gasteiger partial charge in [-0.25, -0.2) is 4.31 Å². The number of nitro benzene ring substituents is 1. The van der Waals surface area contributed by atoms with Gasteiger partial charge in [-0.15, -0.1) is 0 Å². The number of ether oxygens (including phenoxy) is 1. The first-order valence-electron chi connectivity index (χ1n) is 11.0. The van der Waals surface area contributed by atoms with Gasteiger partial charge in [0.25, 0.3) is 11.6 Å². The fourth-order valence-electron chi connectivity index (χ4n) is 3.47. The van der Waals surface area contributed by atoms with Crippen LogP contribution in [0.5, 0.6) is 11.5 Å². The number of hydrogen-bond donors (Lipinski definition) is 1. The van der Waals surface area contributed by atoms with Gasteiger partial charge in [-0.05, 0) is 56.3 Å². The maximum Gasteiger partial charge on any atom is 1.00 e. The normalized spacial score (nSPS) is 13.6. The Morgan fingerprint density at radius 1 is 1.10 bits per heavy atom.